The van der Waals surface area contributed by atoms with Crippen molar-refractivity contribution in [3.8, 4) is 5.88 Å². The number of hydrogen-bond acceptors (Lipinski definition) is 6. The van der Waals surface area contributed by atoms with Gasteiger partial charge in [0.1, 0.15) is 5.69 Å². The summed E-state index contributed by atoms with van der Waals surface area (Å²) in [4.78, 5) is 23.0. The van der Waals surface area contributed by atoms with Crippen LogP contribution in [0.2, 0.25) is 0 Å². The predicted molar refractivity (Wildman–Crippen MR) is 132 cm³/mol. The van der Waals surface area contributed by atoms with E-state index in [1.54, 1.807) is 4.68 Å². The van der Waals surface area contributed by atoms with Crippen LogP contribution in [0.15, 0.2) is 12.1 Å². The lowest BCUT2D eigenvalue weighted by Crippen LogP contribution is -2.41. The molecule has 0 bridgehead atoms. The van der Waals surface area contributed by atoms with Gasteiger partial charge >= 0.3 is 0 Å². The molecule has 2 aliphatic rings. The van der Waals surface area contributed by atoms with E-state index in [4.69, 9.17) is 4.74 Å². The average molecular weight is 456 g/mol. The Balaban J connectivity index is 1.30. The minimum Gasteiger partial charge on any atom is -0.474 e. The SMILES string of the molecule is CCC(CC)Oc1ccc2c(C(=O)CC3CCN(CCN4CCCCC4)CC3)nn(C)c2n1. The van der Waals surface area contributed by atoms with Crippen LogP contribution in [-0.4, -0.2) is 75.7 Å². The molecule has 2 aliphatic heterocycles. The van der Waals surface area contributed by atoms with Crippen LogP contribution in [0.1, 0.15) is 75.7 Å². The maximum atomic E-state index is 13.2. The Morgan fingerprint density at radius 2 is 1.70 bits per heavy atom. The van der Waals surface area contributed by atoms with E-state index in [1.165, 1.54) is 45.4 Å². The molecule has 0 radical (unpaired) electrons. The van der Waals surface area contributed by atoms with E-state index in [-0.39, 0.29) is 11.9 Å². The number of hydrogen-bond donors (Lipinski definition) is 0. The number of fused-ring (bicyclic) bond motifs is 1. The molecular weight excluding hydrogens is 414 g/mol. The zero-order valence-electron chi connectivity index (χ0n) is 20.8. The van der Waals surface area contributed by atoms with Crippen molar-refractivity contribution in [1.82, 2.24) is 24.6 Å². The molecule has 0 saturated carbocycles. The zero-order valence-corrected chi connectivity index (χ0v) is 20.8. The van der Waals surface area contributed by atoms with Gasteiger partial charge in [-0.2, -0.15) is 10.1 Å². The van der Waals surface area contributed by atoms with Gasteiger partial charge in [-0.25, -0.2) is 4.68 Å². The van der Waals surface area contributed by atoms with Crippen molar-refractivity contribution in [2.75, 3.05) is 39.3 Å². The molecule has 0 atom stereocenters. The van der Waals surface area contributed by atoms with Crippen LogP contribution < -0.4 is 4.74 Å². The molecule has 0 aromatic carbocycles. The fourth-order valence-electron chi connectivity index (χ4n) is 5.25. The second kappa shape index (κ2) is 11.4. The van der Waals surface area contributed by atoms with Gasteiger partial charge in [-0.05, 0) is 76.7 Å². The third-order valence-corrected chi connectivity index (χ3v) is 7.49. The van der Waals surface area contributed by atoms with E-state index in [1.807, 2.05) is 19.2 Å². The van der Waals surface area contributed by atoms with Gasteiger partial charge in [0.15, 0.2) is 11.4 Å². The molecule has 0 spiro atoms. The molecule has 2 aromatic rings. The van der Waals surface area contributed by atoms with Gasteiger partial charge in [0.2, 0.25) is 5.88 Å². The summed E-state index contributed by atoms with van der Waals surface area (Å²) in [5.74, 6) is 1.20. The lowest BCUT2D eigenvalue weighted by atomic mass is 9.90. The first-order chi connectivity index (χ1) is 16.1. The molecule has 0 amide bonds. The van der Waals surface area contributed by atoms with E-state index in [0.717, 1.165) is 44.2 Å². The van der Waals surface area contributed by atoms with Crippen LogP contribution in [-0.2, 0) is 7.05 Å². The van der Waals surface area contributed by atoms with E-state index in [9.17, 15) is 4.79 Å². The number of likely N-dealkylation sites (tertiary alicyclic amines) is 2. The van der Waals surface area contributed by atoms with Gasteiger partial charge in [0, 0.05) is 32.6 Å². The predicted octanol–water partition coefficient (Wildman–Crippen LogP) is 4.31. The smallest absolute Gasteiger partial charge is 0.215 e. The number of nitrogens with zero attached hydrogens (tertiary/aromatic N) is 5. The lowest BCUT2D eigenvalue weighted by molar-refractivity contribution is 0.0915. The van der Waals surface area contributed by atoms with Crippen LogP contribution in [0.4, 0.5) is 0 Å². The lowest BCUT2D eigenvalue weighted by Gasteiger charge is -2.34. The minimum absolute atomic E-state index is 0.142. The highest BCUT2D eigenvalue weighted by molar-refractivity contribution is 6.05. The maximum absolute atomic E-state index is 13.2. The van der Waals surface area contributed by atoms with Crippen LogP contribution in [0, 0.1) is 5.92 Å². The second-order valence-corrected chi connectivity index (χ2v) is 9.86. The summed E-state index contributed by atoms with van der Waals surface area (Å²) in [6.45, 7) is 11.3. The van der Waals surface area contributed by atoms with Crippen molar-refractivity contribution in [2.45, 2.75) is 71.3 Å². The highest BCUT2D eigenvalue weighted by Gasteiger charge is 2.25. The first-order valence-corrected chi connectivity index (χ1v) is 13.1. The molecule has 4 heterocycles. The summed E-state index contributed by atoms with van der Waals surface area (Å²) in [5.41, 5.74) is 1.27. The normalized spacial score (nSPS) is 18.9. The van der Waals surface area contributed by atoms with E-state index >= 15 is 0 Å². The summed E-state index contributed by atoms with van der Waals surface area (Å²) in [5, 5.41) is 5.38. The molecule has 0 unspecified atom stereocenters. The summed E-state index contributed by atoms with van der Waals surface area (Å²) in [7, 11) is 1.86. The van der Waals surface area contributed by atoms with Gasteiger partial charge in [-0.1, -0.05) is 20.3 Å². The fourth-order valence-corrected chi connectivity index (χ4v) is 5.25. The van der Waals surface area contributed by atoms with Crippen molar-refractivity contribution in [3.63, 3.8) is 0 Å². The molecular formula is C26H41N5O2. The van der Waals surface area contributed by atoms with Gasteiger partial charge < -0.3 is 14.5 Å². The Morgan fingerprint density at radius 3 is 2.36 bits per heavy atom. The molecule has 2 aromatic heterocycles. The number of carbonyl (C=O) groups is 1. The fraction of sp³-hybridized carbons (Fsp3) is 0.731. The van der Waals surface area contributed by atoms with Crippen LogP contribution in [0.5, 0.6) is 5.88 Å². The maximum Gasteiger partial charge on any atom is 0.215 e. The van der Waals surface area contributed by atoms with Crippen molar-refractivity contribution in [1.29, 1.82) is 0 Å². The summed E-state index contributed by atoms with van der Waals surface area (Å²) in [6.07, 6.45) is 8.94. The third-order valence-electron chi connectivity index (χ3n) is 7.49. The van der Waals surface area contributed by atoms with Gasteiger partial charge in [-0.3, -0.25) is 4.79 Å². The molecule has 0 N–H and O–H groups in total. The number of ketones is 1. The number of aryl methyl sites for hydroxylation is 1. The number of pyridine rings is 1. The number of Topliss-reactive ketones (excluding diaryl/α,β-unsaturated/α-hetero) is 1. The number of carbonyl (C=O) groups excluding carboxylic acids is 1. The Morgan fingerprint density at radius 1 is 1.03 bits per heavy atom. The van der Waals surface area contributed by atoms with Crippen molar-refractivity contribution in [3.05, 3.63) is 17.8 Å². The Bertz CT molecular complexity index is 909. The minimum atomic E-state index is 0.142. The Labute approximate surface area is 198 Å². The first-order valence-electron chi connectivity index (χ1n) is 13.1. The van der Waals surface area contributed by atoms with Crippen molar-refractivity contribution < 1.29 is 9.53 Å². The molecule has 4 rings (SSSR count). The highest BCUT2D eigenvalue weighted by Crippen LogP contribution is 2.26. The molecule has 7 nitrogen and oxygen atoms in total. The van der Waals surface area contributed by atoms with Gasteiger partial charge in [-0.15, -0.1) is 0 Å². The Kier molecular flexibility index (Phi) is 8.36. The quantitative estimate of drug-likeness (QED) is 0.498. The molecule has 33 heavy (non-hydrogen) atoms. The molecule has 2 fully saturated rings. The first kappa shape index (κ1) is 24.1. The van der Waals surface area contributed by atoms with E-state index in [0.29, 0.717) is 29.6 Å². The molecule has 182 valence electrons. The van der Waals surface area contributed by atoms with E-state index in [2.05, 4.69) is 33.7 Å². The van der Waals surface area contributed by atoms with E-state index < -0.39 is 0 Å². The second-order valence-electron chi connectivity index (χ2n) is 9.86. The third kappa shape index (κ3) is 6.12. The summed E-state index contributed by atoms with van der Waals surface area (Å²) < 4.78 is 7.70. The number of piperidine rings is 2. The summed E-state index contributed by atoms with van der Waals surface area (Å²) >= 11 is 0. The Hall–Kier alpha value is -1.99. The van der Waals surface area contributed by atoms with Crippen LogP contribution in [0.25, 0.3) is 11.0 Å². The van der Waals surface area contributed by atoms with Gasteiger partial charge in [0.25, 0.3) is 0 Å². The van der Waals surface area contributed by atoms with Crippen molar-refractivity contribution >= 4 is 16.8 Å². The number of aromatic nitrogens is 3. The molecule has 2 saturated heterocycles. The molecule has 7 heteroatoms. The van der Waals surface area contributed by atoms with Crippen LogP contribution >= 0.6 is 0 Å². The highest BCUT2D eigenvalue weighted by atomic mass is 16.5. The van der Waals surface area contributed by atoms with Crippen LogP contribution in [0.3, 0.4) is 0 Å². The zero-order chi connectivity index (χ0) is 23.2. The monoisotopic (exact) mass is 455 g/mol. The van der Waals surface area contributed by atoms with Crippen molar-refractivity contribution in [2.24, 2.45) is 13.0 Å². The average Bonchev–Trinajstić information content (AvgIpc) is 3.18. The number of rotatable bonds is 10. The summed E-state index contributed by atoms with van der Waals surface area (Å²) in [6, 6.07) is 3.82. The standard InChI is InChI=1S/C26H41N5O2/c1-4-21(5-2)33-24-10-9-22-25(28-29(3)26(22)27-24)23(32)19-20-11-15-31(16-12-20)18-17-30-13-7-6-8-14-30/h9-10,20-21H,4-8,11-19H2,1-3H3. The molecule has 0 aliphatic carbocycles. The largest absolute Gasteiger partial charge is 0.474 e. The van der Waals surface area contributed by atoms with Gasteiger partial charge in [0.05, 0.1) is 11.5 Å². The number of ether oxygens (including phenoxy) is 1. The topological polar surface area (TPSA) is 63.5 Å².